The smallest absolute Gasteiger partial charge is 0.253 e. The van der Waals surface area contributed by atoms with Gasteiger partial charge in [0.15, 0.2) is 0 Å². The highest BCUT2D eigenvalue weighted by Crippen LogP contribution is 2.33. The minimum absolute atomic E-state index is 0.118. The fraction of sp³-hybridized carbons (Fsp3) is 0.409. The van der Waals surface area contributed by atoms with E-state index >= 15 is 0 Å². The largest absolute Gasteiger partial charge is 0.493 e. The zero-order valence-corrected chi connectivity index (χ0v) is 18.1. The number of carbonyl (C=O) groups excluding carboxylic acids is 1. The van der Waals surface area contributed by atoms with Crippen LogP contribution in [0.15, 0.2) is 47.4 Å². The number of nitrogens with zero attached hydrogens (tertiary/aromatic N) is 2. The molecule has 1 unspecified atom stereocenters. The number of carbonyl (C=O) groups is 1. The third-order valence-electron chi connectivity index (χ3n) is 5.70. The number of hydrogen-bond acceptors (Lipinski definition) is 5. The predicted octanol–water partition coefficient (Wildman–Crippen LogP) is 2.79. The molecule has 0 aliphatic carbocycles. The normalized spacial score (nSPS) is 18.8. The van der Waals surface area contributed by atoms with Gasteiger partial charge in [-0.25, -0.2) is 12.7 Å². The van der Waals surface area contributed by atoms with E-state index in [2.05, 4.69) is 10.2 Å². The summed E-state index contributed by atoms with van der Waals surface area (Å²) in [6.07, 6.45) is 2.79. The maximum atomic E-state index is 13.4. The first-order chi connectivity index (χ1) is 14.4. The van der Waals surface area contributed by atoms with Gasteiger partial charge in [-0.15, -0.1) is 0 Å². The van der Waals surface area contributed by atoms with Crippen molar-refractivity contribution >= 4 is 21.6 Å². The van der Waals surface area contributed by atoms with Gasteiger partial charge in [0, 0.05) is 44.9 Å². The topological polar surface area (TPSA) is 79.0 Å². The molecule has 2 heterocycles. The summed E-state index contributed by atoms with van der Waals surface area (Å²) < 4.78 is 32.2. The van der Waals surface area contributed by atoms with Crippen LogP contribution in [0.2, 0.25) is 0 Å². The second-order valence-electron chi connectivity index (χ2n) is 7.86. The van der Waals surface area contributed by atoms with Crippen molar-refractivity contribution < 1.29 is 17.9 Å². The van der Waals surface area contributed by atoms with Gasteiger partial charge in [0.25, 0.3) is 5.91 Å². The Morgan fingerprint density at radius 3 is 2.60 bits per heavy atom. The maximum Gasteiger partial charge on any atom is 0.253 e. The average molecular weight is 430 g/mol. The first-order valence-corrected chi connectivity index (χ1v) is 11.7. The third kappa shape index (κ3) is 3.89. The predicted molar refractivity (Wildman–Crippen MR) is 116 cm³/mol. The highest BCUT2D eigenvalue weighted by molar-refractivity contribution is 7.89. The van der Waals surface area contributed by atoms with E-state index < -0.39 is 10.0 Å². The van der Waals surface area contributed by atoms with E-state index in [1.807, 2.05) is 24.3 Å². The monoisotopic (exact) mass is 429 g/mol. The Morgan fingerprint density at radius 2 is 1.87 bits per heavy atom. The van der Waals surface area contributed by atoms with E-state index in [1.165, 1.54) is 20.2 Å². The number of benzene rings is 2. The third-order valence-corrected chi connectivity index (χ3v) is 7.51. The van der Waals surface area contributed by atoms with Crippen molar-refractivity contribution in [1.29, 1.82) is 0 Å². The lowest BCUT2D eigenvalue weighted by atomic mass is 10.00. The summed E-state index contributed by atoms with van der Waals surface area (Å²) in [7, 11) is -0.663. The quantitative estimate of drug-likeness (QED) is 0.791. The van der Waals surface area contributed by atoms with Crippen LogP contribution in [0, 0.1) is 0 Å². The zero-order valence-electron chi connectivity index (χ0n) is 17.3. The first-order valence-electron chi connectivity index (χ1n) is 10.2. The van der Waals surface area contributed by atoms with Crippen molar-refractivity contribution in [2.24, 2.45) is 0 Å². The number of rotatable bonds is 5. The molecular weight excluding hydrogens is 402 g/mol. The minimum atomic E-state index is -3.64. The first kappa shape index (κ1) is 20.7. The van der Waals surface area contributed by atoms with E-state index in [4.69, 9.17) is 4.74 Å². The van der Waals surface area contributed by atoms with Gasteiger partial charge in [0.2, 0.25) is 10.0 Å². The number of para-hydroxylation sites is 1. The molecule has 7 nitrogen and oxygen atoms in total. The SMILES string of the molecule is CN(C)S(=O)(=O)c1ccc(N2CCCC2)c(C(=O)NC2CCOc3ccccc32)c1. The number of hydrogen-bond donors (Lipinski definition) is 1. The average Bonchev–Trinajstić information content (AvgIpc) is 3.28. The highest BCUT2D eigenvalue weighted by Gasteiger charge is 2.28. The Morgan fingerprint density at radius 1 is 1.13 bits per heavy atom. The van der Waals surface area contributed by atoms with Crippen LogP contribution in [0.3, 0.4) is 0 Å². The molecule has 1 N–H and O–H groups in total. The summed E-state index contributed by atoms with van der Waals surface area (Å²) in [6.45, 7) is 2.25. The number of amides is 1. The minimum Gasteiger partial charge on any atom is -0.493 e. The number of nitrogens with one attached hydrogen (secondary N) is 1. The summed E-state index contributed by atoms with van der Waals surface area (Å²) in [6, 6.07) is 12.3. The summed E-state index contributed by atoms with van der Waals surface area (Å²) in [5, 5.41) is 3.11. The van der Waals surface area contributed by atoms with Crippen molar-refractivity contribution in [3.8, 4) is 5.75 Å². The molecule has 1 atom stereocenters. The van der Waals surface area contributed by atoms with Gasteiger partial charge in [-0.2, -0.15) is 0 Å². The summed E-state index contributed by atoms with van der Waals surface area (Å²) >= 11 is 0. The molecule has 0 spiro atoms. The van der Waals surface area contributed by atoms with E-state index in [0.717, 1.165) is 47.2 Å². The van der Waals surface area contributed by atoms with Crippen LogP contribution in [-0.2, 0) is 10.0 Å². The standard InChI is InChI=1S/C22H27N3O4S/c1-24(2)30(27,28)16-9-10-20(25-12-5-6-13-25)18(15-16)22(26)23-19-11-14-29-21-8-4-3-7-17(19)21/h3-4,7-10,15,19H,5-6,11-14H2,1-2H3,(H,23,26). The summed E-state index contributed by atoms with van der Waals surface area (Å²) in [5.74, 6) is 0.507. The number of fused-ring (bicyclic) bond motifs is 1. The lowest BCUT2D eigenvalue weighted by molar-refractivity contribution is 0.0925. The van der Waals surface area contributed by atoms with Gasteiger partial charge >= 0.3 is 0 Å². The molecule has 2 aliphatic heterocycles. The van der Waals surface area contributed by atoms with E-state index in [0.29, 0.717) is 18.6 Å². The van der Waals surface area contributed by atoms with Crippen LogP contribution >= 0.6 is 0 Å². The summed E-state index contributed by atoms with van der Waals surface area (Å²) in [4.78, 5) is 15.6. The van der Waals surface area contributed by atoms with Gasteiger partial charge in [-0.3, -0.25) is 4.79 Å². The van der Waals surface area contributed by atoms with Crippen molar-refractivity contribution in [2.45, 2.75) is 30.2 Å². The molecule has 0 aromatic heterocycles. The molecule has 0 bridgehead atoms. The van der Waals surface area contributed by atoms with Gasteiger partial charge in [-0.1, -0.05) is 18.2 Å². The lowest BCUT2D eigenvalue weighted by Gasteiger charge is -2.28. The van der Waals surface area contributed by atoms with E-state index in [-0.39, 0.29) is 16.8 Å². The molecule has 30 heavy (non-hydrogen) atoms. The second kappa shape index (κ2) is 8.28. The number of anilines is 1. The van der Waals surface area contributed by atoms with Crippen molar-refractivity contribution in [2.75, 3.05) is 38.7 Å². The van der Waals surface area contributed by atoms with Crippen LogP contribution in [0.4, 0.5) is 5.69 Å². The Labute approximate surface area is 177 Å². The molecule has 0 saturated carbocycles. The van der Waals surface area contributed by atoms with Crippen molar-refractivity contribution in [3.05, 3.63) is 53.6 Å². The zero-order chi connectivity index (χ0) is 21.3. The molecule has 0 radical (unpaired) electrons. The molecule has 2 aromatic carbocycles. The fourth-order valence-corrected chi connectivity index (χ4v) is 4.96. The van der Waals surface area contributed by atoms with Crippen LogP contribution in [0.25, 0.3) is 0 Å². The molecule has 1 saturated heterocycles. The molecule has 160 valence electrons. The Balaban J connectivity index is 1.70. The van der Waals surface area contributed by atoms with E-state index in [9.17, 15) is 13.2 Å². The van der Waals surface area contributed by atoms with Crippen molar-refractivity contribution in [3.63, 3.8) is 0 Å². The van der Waals surface area contributed by atoms with E-state index in [1.54, 1.807) is 12.1 Å². The van der Waals surface area contributed by atoms with Crippen LogP contribution in [0.1, 0.15) is 41.2 Å². The Hall–Kier alpha value is -2.58. The maximum absolute atomic E-state index is 13.4. The second-order valence-corrected chi connectivity index (χ2v) is 10.0. The Bertz CT molecular complexity index is 1050. The van der Waals surface area contributed by atoms with Crippen molar-refractivity contribution in [1.82, 2.24) is 9.62 Å². The molecule has 1 amide bonds. The molecular formula is C22H27N3O4S. The van der Waals surface area contributed by atoms with Gasteiger partial charge in [-0.05, 0) is 37.1 Å². The van der Waals surface area contributed by atoms with Gasteiger partial charge in [0.05, 0.1) is 23.1 Å². The highest BCUT2D eigenvalue weighted by atomic mass is 32.2. The van der Waals surface area contributed by atoms with Gasteiger partial charge in [0.1, 0.15) is 5.75 Å². The van der Waals surface area contributed by atoms with Crippen LogP contribution in [0.5, 0.6) is 5.75 Å². The van der Waals surface area contributed by atoms with Gasteiger partial charge < -0.3 is 15.0 Å². The Kier molecular flexibility index (Phi) is 5.71. The number of ether oxygens (including phenoxy) is 1. The van der Waals surface area contributed by atoms with Crippen LogP contribution in [-0.4, -0.2) is 52.4 Å². The van der Waals surface area contributed by atoms with Crippen LogP contribution < -0.4 is 15.0 Å². The fourth-order valence-electron chi connectivity index (χ4n) is 4.03. The lowest BCUT2D eigenvalue weighted by Crippen LogP contribution is -2.34. The summed E-state index contributed by atoms with van der Waals surface area (Å²) in [5.41, 5.74) is 2.11. The molecule has 4 rings (SSSR count). The number of sulfonamides is 1. The molecule has 2 aliphatic rings. The molecule has 1 fully saturated rings. The molecule has 2 aromatic rings. The molecule has 8 heteroatoms.